The molecule has 0 bridgehead atoms. The summed E-state index contributed by atoms with van der Waals surface area (Å²) < 4.78 is 10.1. The maximum atomic E-state index is 13.1. The minimum Gasteiger partial charge on any atom is -0.467 e. The number of alkyl carbamates (subject to hydrolysis) is 1. The SMILES string of the molecule is CNC(=O)CC[C@H](NC(=O)[C@H](CC1CCCCC1)NC(=O)OCc1cccc(Cl)c1)C(=O)OC. The van der Waals surface area contributed by atoms with Crippen molar-refractivity contribution in [1.82, 2.24) is 16.0 Å². The normalized spacial score (nSPS) is 15.5. The van der Waals surface area contributed by atoms with Crippen LogP contribution in [0.15, 0.2) is 24.3 Å². The Bertz CT molecular complexity index is 844. The van der Waals surface area contributed by atoms with E-state index >= 15 is 0 Å². The summed E-state index contributed by atoms with van der Waals surface area (Å²) in [6.07, 6.45) is 5.07. The van der Waals surface area contributed by atoms with E-state index in [9.17, 15) is 19.2 Å². The summed E-state index contributed by atoms with van der Waals surface area (Å²) in [6.45, 7) is 0.00107. The van der Waals surface area contributed by atoms with Crippen LogP contribution in [0.25, 0.3) is 0 Å². The average Bonchev–Trinajstić information content (AvgIpc) is 2.84. The molecule has 0 spiro atoms. The van der Waals surface area contributed by atoms with Crippen LogP contribution in [-0.2, 0) is 30.5 Å². The minimum atomic E-state index is -1.01. The van der Waals surface area contributed by atoms with Gasteiger partial charge in [-0.15, -0.1) is 0 Å². The van der Waals surface area contributed by atoms with E-state index in [0.717, 1.165) is 37.7 Å². The van der Waals surface area contributed by atoms with E-state index < -0.39 is 30.1 Å². The average molecular weight is 496 g/mol. The predicted molar refractivity (Wildman–Crippen MR) is 127 cm³/mol. The molecule has 1 aliphatic rings. The van der Waals surface area contributed by atoms with Crippen LogP contribution in [0.1, 0.15) is 56.9 Å². The Morgan fingerprint density at radius 1 is 1.09 bits per heavy atom. The summed E-state index contributed by atoms with van der Waals surface area (Å²) in [6, 6.07) is 5.05. The first-order valence-corrected chi connectivity index (χ1v) is 12.0. The molecule has 1 fully saturated rings. The fourth-order valence-electron chi connectivity index (χ4n) is 4.01. The zero-order chi connectivity index (χ0) is 24.9. The zero-order valence-electron chi connectivity index (χ0n) is 19.7. The molecule has 10 heteroatoms. The van der Waals surface area contributed by atoms with Crippen LogP contribution < -0.4 is 16.0 Å². The molecule has 0 aromatic heterocycles. The van der Waals surface area contributed by atoms with Crippen molar-refractivity contribution in [2.75, 3.05) is 14.2 Å². The molecule has 0 saturated heterocycles. The molecule has 1 aromatic carbocycles. The fourth-order valence-corrected chi connectivity index (χ4v) is 4.22. The summed E-state index contributed by atoms with van der Waals surface area (Å²) in [7, 11) is 2.71. The quantitative estimate of drug-likeness (QED) is 0.405. The minimum absolute atomic E-state index is 0.00107. The Hall–Kier alpha value is -2.81. The molecule has 34 heavy (non-hydrogen) atoms. The van der Waals surface area contributed by atoms with Gasteiger partial charge in [0.15, 0.2) is 0 Å². The first kappa shape index (κ1) is 27.4. The molecule has 1 aromatic rings. The Labute approximate surface area is 205 Å². The third-order valence-electron chi connectivity index (χ3n) is 5.90. The first-order valence-electron chi connectivity index (χ1n) is 11.6. The highest BCUT2D eigenvalue weighted by Gasteiger charge is 2.30. The van der Waals surface area contributed by atoms with Crippen molar-refractivity contribution < 1.29 is 28.7 Å². The van der Waals surface area contributed by atoms with Crippen LogP contribution in [0.5, 0.6) is 0 Å². The van der Waals surface area contributed by atoms with Gasteiger partial charge >= 0.3 is 12.1 Å². The smallest absolute Gasteiger partial charge is 0.408 e. The second-order valence-corrected chi connectivity index (χ2v) is 8.88. The van der Waals surface area contributed by atoms with E-state index in [0.29, 0.717) is 11.4 Å². The molecule has 1 saturated carbocycles. The maximum Gasteiger partial charge on any atom is 0.408 e. The number of hydrogen-bond donors (Lipinski definition) is 3. The topological polar surface area (TPSA) is 123 Å². The maximum absolute atomic E-state index is 13.1. The van der Waals surface area contributed by atoms with Crippen LogP contribution in [0.3, 0.4) is 0 Å². The van der Waals surface area contributed by atoms with Crippen molar-refractivity contribution in [3.63, 3.8) is 0 Å². The molecule has 3 amide bonds. The number of nitrogens with one attached hydrogen (secondary N) is 3. The van der Waals surface area contributed by atoms with Gasteiger partial charge in [0, 0.05) is 18.5 Å². The summed E-state index contributed by atoms with van der Waals surface area (Å²) in [5.74, 6) is -1.15. The van der Waals surface area contributed by atoms with Crippen LogP contribution >= 0.6 is 11.6 Å². The van der Waals surface area contributed by atoms with Crippen molar-refractivity contribution in [1.29, 1.82) is 0 Å². The lowest BCUT2D eigenvalue weighted by Gasteiger charge is -2.27. The van der Waals surface area contributed by atoms with Gasteiger partial charge < -0.3 is 25.4 Å². The highest BCUT2D eigenvalue weighted by atomic mass is 35.5. The lowest BCUT2D eigenvalue weighted by molar-refractivity contribution is -0.145. The summed E-state index contributed by atoms with van der Waals surface area (Å²) in [5, 5.41) is 8.30. The van der Waals surface area contributed by atoms with Crippen LogP contribution in [-0.4, -0.2) is 50.1 Å². The zero-order valence-corrected chi connectivity index (χ0v) is 20.5. The number of esters is 1. The molecule has 2 atom stereocenters. The number of carbonyl (C=O) groups is 4. The van der Waals surface area contributed by atoms with E-state index in [1.54, 1.807) is 24.3 Å². The largest absolute Gasteiger partial charge is 0.467 e. The lowest BCUT2D eigenvalue weighted by atomic mass is 9.84. The molecule has 2 rings (SSSR count). The molecule has 188 valence electrons. The highest BCUT2D eigenvalue weighted by Crippen LogP contribution is 2.27. The van der Waals surface area contributed by atoms with E-state index in [1.165, 1.54) is 14.2 Å². The second kappa shape index (κ2) is 14.5. The van der Waals surface area contributed by atoms with E-state index in [2.05, 4.69) is 16.0 Å². The van der Waals surface area contributed by atoms with E-state index in [4.69, 9.17) is 21.1 Å². The summed E-state index contributed by atoms with van der Waals surface area (Å²) in [4.78, 5) is 49.4. The molecule has 0 unspecified atom stereocenters. The number of carbonyl (C=O) groups excluding carboxylic acids is 4. The Kier molecular flexibility index (Phi) is 11.7. The monoisotopic (exact) mass is 495 g/mol. The Balaban J connectivity index is 2.04. The highest BCUT2D eigenvalue weighted by molar-refractivity contribution is 6.30. The van der Waals surface area contributed by atoms with Crippen molar-refractivity contribution in [3.05, 3.63) is 34.9 Å². The molecule has 0 heterocycles. The number of hydrogen-bond acceptors (Lipinski definition) is 6. The van der Waals surface area contributed by atoms with Crippen molar-refractivity contribution in [2.45, 2.75) is 70.1 Å². The van der Waals surface area contributed by atoms with Gasteiger partial charge in [-0.3, -0.25) is 9.59 Å². The number of rotatable bonds is 11. The van der Waals surface area contributed by atoms with Crippen LogP contribution in [0.4, 0.5) is 4.79 Å². The lowest BCUT2D eigenvalue weighted by Crippen LogP contribution is -2.52. The molecular formula is C24H34ClN3O6. The number of amides is 3. The second-order valence-electron chi connectivity index (χ2n) is 8.44. The molecule has 3 N–H and O–H groups in total. The predicted octanol–water partition coefficient (Wildman–Crippen LogP) is 3.09. The summed E-state index contributed by atoms with van der Waals surface area (Å²) >= 11 is 5.96. The van der Waals surface area contributed by atoms with Gasteiger partial charge in [-0.2, -0.15) is 0 Å². The van der Waals surface area contributed by atoms with Crippen molar-refractivity contribution >= 4 is 35.5 Å². The molecule has 0 radical (unpaired) electrons. The van der Waals surface area contributed by atoms with Gasteiger partial charge in [-0.05, 0) is 36.5 Å². The molecule has 1 aliphatic carbocycles. The number of methoxy groups -OCH3 is 1. The third kappa shape index (κ3) is 9.59. The number of halogens is 1. The molecule has 9 nitrogen and oxygen atoms in total. The van der Waals surface area contributed by atoms with Crippen molar-refractivity contribution in [3.8, 4) is 0 Å². The van der Waals surface area contributed by atoms with E-state index in [1.807, 2.05) is 0 Å². The van der Waals surface area contributed by atoms with Crippen molar-refractivity contribution in [2.24, 2.45) is 5.92 Å². The van der Waals surface area contributed by atoms with E-state index in [-0.39, 0.29) is 31.3 Å². The van der Waals surface area contributed by atoms with Gasteiger partial charge in [0.25, 0.3) is 0 Å². The van der Waals surface area contributed by atoms with Gasteiger partial charge in [-0.1, -0.05) is 55.8 Å². The molecular weight excluding hydrogens is 462 g/mol. The fraction of sp³-hybridized carbons (Fsp3) is 0.583. The van der Waals surface area contributed by atoms with Gasteiger partial charge in [-0.25, -0.2) is 9.59 Å². The van der Waals surface area contributed by atoms with Gasteiger partial charge in [0.1, 0.15) is 18.7 Å². The third-order valence-corrected chi connectivity index (χ3v) is 6.14. The first-order chi connectivity index (χ1) is 16.3. The van der Waals surface area contributed by atoms with Gasteiger partial charge in [0.2, 0.25) is 11.8 Å². The van der Waals surface area contributed by atoms with Crippen LogP contribution in [0.2, 0.25) is 5.02 Å². The van der Waals surface area contributed by atoms with Crippen LogP contribution in [0, 0.1) is 5.92 Å². The number of ether oxygens (including phenoxy) is 2. The Morgan fingerprint density at radius 3 is 2.47 bits per heavy atom. The standard InChI is InChI=1S/C24H34ClN3O6/c1-26-21(29)12-11-19(23(31)33-2)27-22(30)20(14-16-7-4-3-5-8-16)28-24(32)34-15-17-9-6-10-18(25)13-17/h6,9-10,13,16,19-20H,3-5,7-8,11-12,14-15H2,1-2H3,(H,26,29)(H,27,30)(H,28,32)/t19-,20-/m0/s1. The molecule has 0 aliphatic heterocycles. The summed E-state index contributed by atoms with van der Waals surface area (Å²) in [5.41, 5.74) is 0.718. The Morgan fingerprint density at radius 2 is 1.82 bits per heavy atom. The number of benzene rings is 1. The van der Waals surface area contributed by atoms with Gasteiger partial charge in [0.05, 0.1) is 7.11 Å².